The summed E-state index contributed by atoms with van der Waals surface area (Å²) in [6.45, 7) is 2.62. The summed E-state index contributed by atoms with van der Waals surface area (Å²) in [5.41, 5.74) is 6.59. The first kappa shape index (κ1) is 10.9. The van der Waals surface area contributed by atoms with Gasteiger partial charge in [-0.1, -0.05) is 36.5 Å². The third-order valence-corrected chi connectivity index (χ3v) is 2.67. The smallest absolute Gasteiger partial charge is 0.127 e. The van der Waals surface area contributed by atoms with E-state index in [0.29, 0.717) is 11.6 Å². The summed E-state index contributed by atoms with van der Waals surface area (Å²) in [5.74, 6) is 0.873. The number of benzene rings is 2. The van der Waals surface area contributed by atoms with Crippen LogP contribution in [0.5, 0.6) is 5.75 Å². The van der Waals surface area contributed by atoms with E-state index in [4.69, 9.17) is 22.7 Å². The van der Waals surface area contributed by atoms with Gasteiger partial charge in [-0.15, -0.1) is 0 Å². The van der Waals surface area contributed by atoms with Gasteiger partial charge in [-0.3, -0.25) is 0 Å². The molecule has 2 aromatic carbocycles. The number of nitrogens with two attached hydrogens (primary N) is 1. The molecular weight excluding hydrogens is 218 g/mol. The Morgan fingerprint density at radius 2 is 1.88 bits per heavy atom. The number of thiocarbonyl (C=S) groups is 1. The predicted octanol–water partition coefficient (Wildman–Crippen LogP) is 2.87. The maximum Gasteiger partial charge on any atom is 0.127 e. The average molecular weight is 231 g/mol. The Labute approximate surface area is 100 Å². The maximum atomic E-state index is 5.69. The third kappa shape index (κ3) is 1.86. The number of hydrogen-bond donors (Lipinski definition) is 1. The van der Waals surface area contributed by atoms with Crippen molar-refractivity contribution in [1.82, 2.24) is 0 Å². The van der Waals surface area contributed by atoms with Crippen LogP contribution in [0, 0.1) is 0 Å². The van der Waals surface area contributed by atoms with Gasteiger partial charge >= 0.3 is 0 Å². The van der Waals surface area contributed by atoms with Gasteiger partial charge in [0, 0.05) is 10.9 Å². The van der Waals surface area contributed by atoms with Gasteiger partial charge in [0.05, 0.1) is 6.61 Å². The van der Waals surface area contributed by atoms with E-state index in [1.54, 1.807) is 0 Å². The summed E-state index contributed by atoms with van der Waals surface area (Å²) in [6, 6.07) is 11.8. The van der Waals surface area contributed by atoms with Crippen LogP contribution in [0.4, 0.5) is 0 Å². The van der Waals surface area contributed by atoms with Gasteiger partial charge in [-0.25, -0.2) is 0 Å². The van der Waals surface area contributed by atoms with Crippen LogP contribution in [0.15, 0.2) is 36.4 Å². The SMILES string of the molecule is CCOc1ccc(C(N)=S)c2ccccc12. The molecule has 0 spiro atoms. The van der Waals surface area contributed by atoms with Crippen molar-refractivity contribution in [3.63, 3.8) is 0 Å². The molecule has 3 heteroatoms. The highest BCUT2D eigenvalue weighted by Gasteiger charge is 2.07. The van der Waals surface area contributed by atoms with Gasteiger partial charge in [-0.2, -0.15) is 0 Å². The second kappa shape index (κ2) is 4.49. The van der Waals surface area contributed by atoms with Crippen LogP contribution in [0.3, 0.4) is 0 Å². The Balaban J connectivity index is 2.71. The number of ether oxygens (including phenoxy) is 1. The van der Waals surface area contributed by atoms with Crippen LogP contribution in [0.25, 0.3) is 10.8 Å². The fourth-order valence-electron chi connectivity index (χ4n) is 1.77. The van der Waals surface area contributed by atoms with Crippen LogP contribution < -0.4 is 10.5 Å². The van der Waals surface area contributed by atoms with Crippen molar-refractivity contribution >= 4 is 28.0 Å². The molecule has 2 nitrogen and oxygen atoms in total. The molecule has 0 aliphatic carbocycles. The minimum absolute atomic E-state index is 0.416. The summed E-state index contributed by atoms with van der Waals surface area (Å²) in [4.78, 5) is 0.416. The van der Waals surface area contributed by atoms with Crippen molar-refractivity contribution in [1.29, 1.82) is 0 Å². The molecule has 0 aliphatic rings. The van der Waals surface area contributed by atoms with Gasteiger partial charge in [0.15, 0.2) is 0 Å². The predicted molar refractivity (Wildman–Crippen MR) is 71.0 cm³/mol. The van der Waals surface area contributed by atoms with Gasteiger partial charge in [0.1, 0.15) is 10.7 Å². The zero-order chi connectivity index (χ0) is 11.5. The zero-order valence-corrected chi connectivity index (χ0v) is 9.88. The van der Waals surface area contributed by atoms with Gasteiger partial charge in [0.25, 0.3) is 0 Å². The first-order chi connectivity index (χ1) is 7.74. The van der Waals surface area contributed by atoms with Crippen molar-refractivity contribution in [2.24, 2.45) is 5.73 Å². The highest BCUT2D eigenvalue weighted by atomic mass is 32.1. The van der Waals surface area contributed by atoms with E-state index in [2.05, 4.69) is 0 Å². The minimum Gasteiger partial charge on any atom is -0.493 e. The van der Waals surface area contributed by atoms with Crippen molar-refractivity contribution < 1.29 is 4.74 Å². The molecule has 0 aromatic heterocycles. The molecule has 2 aromatic rings. The molecule has 0 amide bonds. The number of rotatable bonds is 3. The quantitative estimate of drug-likeness (QED) is 0.825. The fraction of sp³-hybridized carbons (Fsp3) is 0.154. The zero-order valence-electron chi connectivity index (χ0n) is 9.07. The molecule has 0 aliphatic heterocycles. The molecule has 0 unspecified atom stereocenters. The van der Waals surface area contributed by atoms with E-state index < -0.39 is 0 Å². The average Bonchev–Trinajstić information content (AvgIpc) is 2.29. The van der Waals surface area contributed by atoms with E-state index in [9.17, 15) is 0 Å². The maximum absolute atomic E-state index is 5.69. The molecule has 0 heterocycles. The molecule has 2 N–H and O–H groups in total. The molecule has 82 valence electrons. The van der Waals surface area contributed by atoms with E-state index in [-0.39, 0.29) is 0 Å². The molecule has 16 heavy (non-hydrogen) atoms. The molecule has 2 rings (SSSR count). The van der Waals surface area contributed by atoms with Crippen molar-refractivity contribution in [2.75, 3.05) is 6.61 Å². The lowest BCUT2D eigenvalue weighted by Crippen LogP contribution is -2.10. The molecule has 0 atom stereocenters. The first-order valence-corrected chi connectivity index (χ1v) is 5.59. The Hall–Kier alpha value is -1.61. The highest BCUT2D eigenvalue weighted by molar-refractivity contribution is 7.80. The van der Waals surface area contributed by atoms with E-state index >= 15 is 0 Å². The van der Waals surface area contributed by atoms with Gasteiger partial charge in [-0.05, 0) is 24.4 Å². The van der Waals surface area contributed by atoms with Crippen LogP contribution in [-0.4, -0.2) is 11.6 Å². The van der Waals surface area contributed by atoms with Crippen LogP contribution in [-0.2, 0) is 0 Å². The monoisotopic (exact) mass is 231 g/mol. The largest absolute Gasteiger partial charge is 0.493 e. The van der Waals surface area contributed by atoms with Crippen LogP contribution in [0.1, 0.15) is 12.5 Å². The summed E-state index contributed by atoms with van der Waals surface area (Å²) < 4.78 is 5.57. The summed E-state index contributed by atoms with van der Waals surface area (Å²) in [5, 5.41) is 2.09. The lowest BCUT2D eigenvalue weighted by Gasteiger charge is -2.10. The molecular formula is C13H13NOS. The highest BCUT2D eigenvalue weighted by Crippen LogP contribution is 2.28. The molecule has 0 bridgehead atoms. The van der Waals surface area contributed by atoms with Crippen molar-refractivity contribution in [2.45, 2.75) is 6.92 Å². The van der Waals surface area contributed by atoms with Crippen molar-refractivity contribution in [3.05, 3.63) is 42.0 Å². The minimum atomic E-state index is 0.416. The lowest BCUT2D eigenvalue weighted by atomic mass is 10.0. The van der Waals surface area contributed by atoms with E-state index in [1.165, 1.54) is 0 Å². The van der Waals surface area contributed by atoms with Crippen molar-refractivity contribution in [3.8, 4) is 5.75 Å². The Morgan fingerprint density at radius 3 is 2.50 bits per heavy atom. The summed E-state index contributed by atoms with van der Waals surface area (Å²) in [7, 11) is 0. The third-order valence-electron chi connectivity index (χ3n) is 2.45. The van der Waals surface area contributed by atoms with E-state index in [0.717, 1.165) is 22.1 Å². The molecule has 0 radical (unpaired) electrons. The van der Waals surface area contributed by atoms with Crippen LogP contribution >= 0.6 is 12.2 Å². The molecule has 0 saturated carbocycles. The summed E-state index contributed by atoms with van der Waals surface area (Å²) in [6.07, 6.45) is 0. The fourth-order valence-corrected chi connectivity index (χ4v) is 1.95. The normalized spacial score (nSPS) is 10.3. The molecule has 0 fully saturated rings. The Kier molecular flexibility index (Phi) is 3.06. The summed E-state index contributed by atoms with van der Waals surface area (Å²) >= 11 is 5.03. The van der Waals surface area contributed by atoms with Gasteiger partial charge in [0.2, 0.25) is 0 Å². The number of fused-ring (bicyclic) bond motifs is 1. The van der Waals surface area contributed by atoms with Gasteiger partial charge < -0.3 is 10.5 Å². The second-order valence-corrected chi connectivity index (χ2v) is 3.89. The Morgan fingerprint density at radius 1 is 1.19 bits per heavy atom. The van der Waals surface area contributed by atoms with Crippen LogP contribution in [0.2, 0.25) is 0 Å². The number of hydrogen-bond acceptors (Lipinski definition) is 2. The Bertz CT molecular complexity index is 536. The molecule has 0 saturated heterocycles. The standard InChI is InChI=1S/C13H13NOS/c1-2-15-12-8-7-11(13(14)16)9-5-3-4-6-10(9)12/h3-8H,2H2,1H3,(H2,14,16). The topological polar surface area (TPSA) is 35.2 Å². The second-order valence-electron chi connectivity index (χ2n) is 3.45. The lowest BCUT2D eigenvalue weighted by molar-refractivity contribution is 0.344. The first-order valence-electron chi connectivity index (χ1n) is 5.18. The van der Waals surface area contributed by atoms with E-state index in [1.807, 2.05) is 43.3 Å².